The lowest BCUT2D eigenvalue weighted by Crippen LogP contribution is -2.37. The van der Waals surface area contributed by atoms with Crippen LogP contribution in [-0.2, 0) is 4.74 Å². The molecule has 0 aliphatic carbocycles. The predicted molar refractivity (Wildman–Crippen MR) is 83.6 cm³/mol. The van der Waals surface area contributed by atoms with Gasteiger partial charge in [-0.1, -0.05) is 20.8 Å². The SMILES string of the molecule is CC(C)(C)CCC1CCN(CCOC(C)(C)C)CC1. The summed E-state index contributed by atoms with van der Waals surface area (Å²) in [5.74, 6) is 0.957. The molecular weight excluding hydrogens is 234 g/mol. The molecule has 2 heteroatoms. The molecule has 1 fully saturated rings. The molecule has 0 radical (unpaired) electrons. The van der Waals surface area contributed by atoms with Crippen LogP contribution < -0.4 is 0 Å². The molecule has 1 aliphatic heterocycles. The van der Waals surface area contributed by atoms with Crippen LogP contribution in [0.4, 0.5) is 0 Å². The van der Waals surface area contributed by atoms with Crippen LogP contribution in [-0.4, -0.2) is 36.7 Å². The zero-order valence-corrected chi connectivity index (χ0v) is 14.1. The first-order valence-corrected chi connectivity index (χ1v) is 8.02. The van der Waals surface area contributed by atoms with Gasteiger partial charge in [-0.15, -0.1) is 0 Å². The maximum atomic E-state index is 5.81. The summed E-state index contributed by atoms with van der Waals surface area (Å²) in [7, 11) is 0. The fourth-order valence-corrected chi connectivity index (χ4v) is 2.62. The third-order valence-electron chi connectivity index (χ3n) is 3.95. The molecule has 2 nitrogen and oxygen atoms in total. The number of nitrogens with zero attached hydrogens (tertiary/aromatic N) is 1. The number of piperidine rings is 1. The van der Waals surface area contributed by atoms with Crippen LogP contribution in [0.2, 0.25) is 0 Å². The molecule has 19 heavy (non-hydrogen) atoms. The molecule has 0 aromatic heterocycles. The van der Waals surface area contributed by atoms with E-state index in [1.165, 1.54) is 38.8 Å². The predicted octanol–water partition coefficient (Wildman–Crippen LogP) is 4.34. The Morgan fingerprint density at radius 2 is 1.58 bits per heavy atom. The van der Waals surface area contributed by atoms with Gasteiger partial charge >= 0.3 is 0 Å². The van der Waals surface area contributed by atoms with Crippen molar-refractivity contribution < 1.29 is 4.74 Å². The number of hydrogen-bond donors (Lipinski definition) is 0. The Labute approximate surface area is 120 Å². The number of hydrogen-bond acceptors (Lipinski definition) is 2. The average Bonchev–Trinajstić information content (AvgIpc) is 2.25. The third-order valence-corrected chi connectivity index (χ3v) is 3.95. The van der Waals surface area contributed by atoms with Gasteiger partial charge in [-0.3, -0.25) is 0 Å². The Morgan fingerprint density at radius 1 is 1.00 bits per heavy atom. The van der Waals surface area contributed by atoms with Crippen LogP contribution in [0.15, 0.2) is 0 Å². The smallest absolute Gasteiger partial charge is 0.0600 e. The fourth-order valence-electron chi connectivity index (χ4n) is 2.62. The van der Waals surface area contributed by atoms with E-state index in [0.29, 0.717) is 5.41 Å². The van der Waals surface area contributed by atoms with E-state index in [9.17, 15) is 0 Å². The summed E-state index contributed by atoms with van der Waals surface area (Å²) in [5.41, 5.74) is 0.503. The molecule has 0 spiro atoms. The van der Waals surface area contributed by atoms with Gasteiger partial charge in [0.2, 0.25) is 0 Å². The van der Waals surface area contributed by atoms with Crippen molar-refractivity contribution in [2.45, 2.75) is 72.8 Å². The maximum Gasteiger partial charge on any atom is 0.0600 e. The largest absolute Gasteiger partial charge is 0.375 e. The quantitative estimate of drug-likeness (QED) is 0.736. The van der Waals surface area contributed by atoms with Gasteiger partial charge in [-0.25, -0.2) is 0 Å². The van der Waals surface area contributed by atoms with Gasteiger partial charge in [0, 0.05) is 6.54 Å². The normalized spacial score (nSPS) is 19.9. The summed E-state index contributed by atoms with van der Waals surface area (Å²) in [4.78, 5) is 2.57. The second-order valence-electron chi connectivity index (χ2n) is 8.35. The standard InChI is InChI=1S/C17H35NO/c1-16(2,3)10-7-15-8-11-18(12-9-15)13-14-19-17(4,5)6/h15H,7-14H2,1-6H3. The van der Waals surface area contributed by atoms with E-state index in [1.807, 2.05) is 0 Å². The molecule has 1 heterocycles. The van der Waals surface area contributed by atoms with Crippen molar-refractivity contribution in [1.82, 2.24) is 4.90 Å². The molecule has 0 aromatic rings. The second-order valence-corrected chi connectivity index (χ2v) is 8.35. The number of likely N-dealkylation sites (tertiary alicyclic amines) is 1. The minimum atomic E-state index is 0.00499. The Hall–Kier alpha value is -0.0800. The van der Waals surface area contributed by atoms with E-state index in [2.05, 4.69) is 46.4 Å². The third kappa shape index (κ3) is 8.65. The summed E-state index contributed by atoms with van der Waals surface area (Å²) in [6.45, 7) is 18.0. The lowest BCUT2D eigenvalue weighted by Gasteiger charge is -2.33. The lowest BCUT2D eigenvalue weighted by molar-refractivity contribution is -0.0164. The first-order valence-electron chi connectivity index (χ1n) is 8.02. The number of rotatable bonds is 5. The van der Waals surface area contributed by atoms with Gasteiger partial charge in [0.15, 0.2) is 0 Å². The fraction of sp³-hybridized carbons (Fsp3) is 1.00. The molecule has 1 saturated heterocycles. The molecule has 0 aromatic carbocycles. The molecule has 0 unspecified atom stereocenters. The second kappa shape index (κ2) is 7.08. The van der Waals surface area contributed by atoms with Crippen molar-refractivity contribution in [2.75, 3.05) is 26.2 Å². The van der Waals surface area contributed by atoms with Crippen LogP contribution in [0.3, 0.4) is 0 Å². The molecule has 0 bridgehead atoms. The first-order chi connectivity index (χ1) is 8.66. The highest BCUT2D eigenvalue weighted by atomic mass is 16.5. The van der Waals surface area contributed by atoms with Gasteiger partial charge in [-0.2, -0.15) is 0 Å². The van der Waals surface area contributed by atoms with E-state index < -0.39 is 0 Å². The highest BCUT2D eigenvalue weighted by Crippen LogP contribution is 2.28. The summed E-state index contributed by atoms with van der Waals surface area (Å²) in [5, 5.41) is 0. The molecular formula is C17H35NO. The Kier molecular flexibility index (Phi) is 6.32. The van der Waals surface area contributed by atoms with E-state index in [0.717, 1.165) is 19.1 Å². The van der Waals surface area contributed by atoms with Gasteiger partial charge < -0.3 is 9.64 Å². The van der Waals surface area contributed by atoms with E-state index >= 15 is 0 Å². The highest BCUT2D eigenvalue weighted by molar-refractivity contribution is 4.74. The maximum absolute atomic E-state index is 5.81. The molecule has 0 amide bonds. The Balaban J connectivity index is 2.12. The minimum Gasteiger partial charge on any atom is -0.375 e. The van der Waals surface area contributed by atoms with Gasteiger partial charge in [0.25, 0.3) is 0 Å². The van der Waals surface area contributed by atoms with Crippen molar-refractivity contribution in [3.63, 3.8) is 0 Å². The van der Waals surface area contributed by atoms with Crippen LogP contribution in [0, 0.1) is 11.3 Å². The zero-order valence-electron chi connectivity index (χ0n) is 14.1. The zero-order chi connectivity index (χ0) is 14.5. The molecule has 114 valence electrons. The van der Waals surface area contributed by atoms with Crippen molar-refractivity contribution in [2.24, 2.45) is 11.3 Å². The summed E-state index contributed by atoms with van der Waals surface area (Å²) in [6.07, 6.45) is 5.54. The molecule has 1 rings (SSSR count). The molecule has 0 N–H and O–H groups in total. The van der Waals surface area contributed by atoms with Crippen LogP contribution in [0.25, 0.3) is 0 Å². The van der Waals surface area contributed by atoms with Crippen molar-refractivity contribution in [3.05, 3.63) is 0 Å². The first kappa shape index (κ1) is 17.0. The average molecular weight is 269 g/mol. The monoisotopic (exact) mass is 269 g/mol. The van der Waals surface area contributed by atoms with E-state index in [4.69, 9.17) is 4.74 Å². The van der Waals surface area contributed by atoms with E-state index in [1.54, 1.807) is 0 Å². The topological polar surface area (TPSA) is 12.5 Å². The van der Waals surface area contributed by atoms with Crippen molar-refractivity contribution in [3.8, 4) is 0 Å². The van der Waals surface area contributed by atoms with Gasteiger partial charge in [-0.05, 0) is 70.9 Å². The number of ether oxygens (including phenoxy) is 1. The minimum absolute atomic E-state index is 0.00499. The van der Waals surface area contributed by atoms with Gasteiger partial charge in [0.1, 0.15) is 0 Å². The highest BCUT2D eigenvalue weighted by Gasteiger charge is 2.21. The summed E-state index contributed by atoms with van der Waals surface area (Å²) >= 11 is 0. The summed E-state index contributed by atoms with van der Waals surface area (Å²) < 4.78 is 5.81. The molecule has 0 atom stereocenters. The summed E-state index contributed by atoms with van der Waals surface area (Å²) in [6, 6.07) is 0. The van der Waals surface area contributed by atoms with Crippen LogP contribution in [0.5, 0.6) is 0 Å². The van der Waals surface area contributed by atoms with E-state index in [-0.39, 0.29) is 5.60 Å². The molecule has 1 aliphatic rings. The molecule has 0 saturated carbocycles. The van der Waals surface area contributed by atoms with Crippen LogP contribution in [0.1, 0.15) is 67.2 Å². The van der Waals surface area contributed by atoms with Crippen molar-refractivity contribution in [1.29, 1.82) is 0 Å². The van der Waals surface area contributed by atoms with Crippen LogP contribution >= 0.6 is 0 Å². The Morgan fingerprint density at radius 3 is 2.05 bits per heavy atom. The van der Waals surface area contributed by atoms with Crippen molar-refractivity contribution >= 4 is 0 Å². The lowest BCUT2D eigenvalue weighted by atomic mass is 9.83. The Bertz CT molecular complexity index is 241. The van der Waals surface area contributed by atoms with Gasteiger partial charge in [0.05, 0.1) is 12.2 Å².